The number of fused-ring (bicyclic) bond motifs is 1. The van der Waals surface area contributed by atoms with Crippen molar-refractivity contribution in [3.05, 3.63) is 76.9 Å². The normalized spacial score (nSPS) is 19.4. The Morgan fingerprint density at radius 2 is 1.52 bits per heavy atom. The Kier molecular flexibility index (Phi) is 5.62. The van der Waals surface area contributed by atoms with E-state index in [2.05, 4.69) is 84.6 Å². The summed E-state index contributed by atoms with van der Waals surface area (Å²) in [6, 6.07) is 4.83. The number of benzene rings is 1. The van der Waals surface area contributed by atoms with Gasteiger partial charge < -0.3 is 0 Å². The van der Waals surface area contributed by atoms with Crippen LogP contribution in [0.2, 0.25) is 0 Å². The molecule has 1 aromatic rings. The Morgan fingerprint density at radius 3 is 2.04 bits per heavy atom. The molecule has 0 nitrogen and oxygen atoms in total. The van der Waals surface area contributed by atoms with E-state index in [1.165, 1.54) is 40.7 Å². The Balaban J connectivity index is 2.56. The average Bonchev–Trinajstić information content (AvgIpc) is 2.55. The summed E-state index contributed by atoms with van der Waals surface area (Å²) in [6.45, 7) is 20.3. The summed E-state index contributed by atoms with van der Waals surface area (Å²) in [4.78, 5) is 0. The van der Waals surface area contributed by atoms with Crippen LogP contribution in [0.25, 0.3) is 5.57 Å². The summed E-state index contributed by atoms with van der Waals surface area (Å²) in [6.07, 6.45) is 13.0. The van der Waals surface area contributed by atoms with Crippen molar-refractivity contribution in [1.29, 1.82) is 0 Å². The fourth-order valence-electron chi connectivity index (χ4n) is 3.84. The second kappa shape index (κ2) is 7.20. The fourth-order valence-corrected chi connectivity index (χ4v) is 3.84. The van der Waals surface area contributed by atoms with Gasteiger partial charge in [-0.1, -0.05) is 76.8 Å². The van der Waals surface area contributed by atoms with Gasteiger partial charge >= 0.3 is 0 Å². The van der Waals surface area contributed by atoms with Gasteiger partial charge in [0, 0.05) is 0 Å². The lowest BCUT2D eigenvalue weighted by Gasteiger charge is -2.42. The van der Waals surface area contributed by atoms with Crippen LogP contribution in [-0.2, 0) is 10.8 Å². The maximum Gasteiger partial charge on any atom is -0.0100 e. The Labute approximate surface area is 155 Å². The van der Waals surface area contributed by atoms with E-state index in [1.807, 2.05) is 13.0 Å². The lowest BCUT2D eigenvalue weighted by Crippen LogP contribution is -2.34. The standard InChI is InChI=1S/C25H34/c1-9-11-12-13-20(10-2)19(4)21-17-23-22(16-18(21)3)24(5,6)14-15-25(23,7)8/h9-13,16-17H,4,14-15H2,1-3,5-8H3/b11-9-,13-12-,20-10+. The van der Waals surface area contributed by atoms with E-state index in [-0.39, 0.29) is 10.8 Å². The lowest BCUT2D eigenvalue weighted by molar-refractivity contribution is 0.331. The van der Waals surface area contributed by atoms with Crippen LogP contribution in [-0.4, -0.2) is 0 Å². The first-order valence-corrected chi connectivity index (χ1v) is 9.45. The van der Waals surface area contributed by atoms with Crippen molar-refractivity contribution in [2.24, 2.45) is 0 Å². The largest absolute Gasteiger partial charge is 0.0906 e. The number of aryl methyl sites for hydroxylation is 1. The van der Waals surface area contributed by atoms with Gasteiger partial charge in [-0.05, 0) is 77.8 Å². The number of rotatable bonds is 4. The van der Waals surface area contributed by atoms with Crippen molar-refractivity contribution in [2.75, 3.05) is 0 Å². The molecular formula is C25H34. The third-order valence-corrected chi connectivity index (χ3v) is 5.76. The predicted octanol–water partition coefficient (Wildman–Crippen LogP) is 7.44. The first kappa shape index (κ1) is 19.5. The summed E-state index contributed by atoms with van der Waals surface area (Å²) in [7, 11) is 0. The molecule has 0 saturated carbocycles. The van der Waals surface area contributed by atoms with Crippen LogP contribution in [0.1, 0.15) is 76.6 Å². The van der Waals surface area contributed by atoms with Crippen LogP contribution in [0.15, 0.2) is 54.7 Å². The summed E-state index contributed by atoms with van der Waals surface area (Å²) in [5, 5.41) is 0. The molecule has 0 bridgehead atoms. The maximum atomic E-state index is 4.43. The number of hydrogen-bond acceptors (Lipinski definition) is 0. The van der Waals surface area contributed by atoms with Crippen molar-refractivity contribution in [3.63, 3.8) is 0 Å². The van der Waals surface area contributed by atoms with E-state index in [9.17, 15) is 0 Å². The fraction of sp³-hybridized carbons (Fsp3) is 0.440. The van der Waals surface area contributed by atoms with Gasteiger partial charge in [0.2, 0.25) is 0 Å². The van der Waals surface area contributed by atoms with E-state index in [0.29, 0.717) is 0 Å². The Hall–Kier alpha value is -1.82. The van der Waals surface area contributed by atoms with Crippen LogP contribution >= 0.6 is 0 Å². The summed E-state index contributed by atoms with van der Waals surface area (Å²) < 4.78 is 0. The zero-order valence-corrected chi connectivity index (χ0v) is 17.2. The highest BCUT2D eigenvalue weighted by molar-refractivity contribution is 5.82. The zero-order chi connectivity index (χ0) is 18.8. The van der Waals surface area contributed by atoms with E-state index in [0.717, 1.165) is 5.57 Å². The van der Waals surface area contributed by atoms with Gasteiger partial charge in [0.1, 0.15) is 0 Å². The van der Waals surface area contributed by atoms with Gasteiger partial charge in [0.05, 0.1) is 0 Å². The molecule has 25 heavy (non-hydrogen) atoms. The summed E-state index contributed by atoms with van der Waals surface area (Å²) >= 11 is 0. The van der Waals surface area contributed by atoms with Crippen molar-refractivity contribution >= 4 is 5.57 Å². The zero-order valence-electron chi connectivity index (χ0n) is 17.2. The first-order chi connectivity index (χ1) is 11.6. The van der Waals surface area contributed by atoms with Gasteiger partial charge in [0.25, 0.3) is 0 Å². The van der Waals surface area contributed by atoms with Gasteiger partial charge in [-0.3, -0.25) is 0 Å². The molecule has 0 unspecified atom stereocenters. The van der Waals surface area contributed by atoms with Crippen LogP contribution in [0.3, 0.4) is 0 Å². The summed E-state index contributed by atoms with van der Waals surface area (Å²) in [5.74, 6) is 0. The monoisotopic (exact) mass is 334 g/mol. The highest BCUT2D eigenvalue weighted by Gasteiger charge is 2.37. The van der Waals surface area contributed by atoms with Crippen LogP contribution in [0.5, 0.6) is 0 Å². The molecule has 0 aromatic heterocycles. The molecule has 1 aromatic carbocycles. The number of hydrogen-bond donors (Lipinski definition) is 0. The second-order valence-electron chi connectivity index (χ2n) is 8.59. The minimum atomic E-state index is 0.227. The van der Waals surface area contributed by atoms with Crippen LogP contribution in [0, 0.1) is 6.92 Å². The summed E-state index contributed by atoms with van der Waals surface area (Å²) in [5.41, 5.74) is 8.41. The van der Waals surface area contributed by atoms with Gasteiger partial charge in [-0.25, -0.2) is 0 Å². The minimum Gasteiger partial charge on any atom is -0.0906 e. The molecule has 0 radical (unpaired) electrons. The first-order valence-electron chi connectivity index (χ1n) is 9.45. The lowest BCUT2D eigenvalue weighted by atomic mass is 9.62. The minimum absolute atomic E-state index is 0.227. The molecule has 134 valence electrons. The molecule has 0 atom stereocenters. The molecule has 2 rings (SSSR count). The van der Waals surface area contributed by atoms with Crippen molar-refractivity contribution in [1.82, 2.24) is 0 Å². The average molecular weight is 335 g/mol. The van der Waals surface area contributed by atoms with Crippen molar-refractivity contribution in [2.45, 2.75) is 72.1 Å². The van der Waals surface area contributed by atoms with Crippen LogP contribution in [0.4, 0.5) is 0 Å². The maximum absolute atomic E-state index is 4.43. The molecular weight excluding hydrogens is 300 g/mol. The third kappa shape index (κ3) is 3.89. The molecule has 0 fully saturated rings. The molecule has 1 aliphatic carbocycles. The molecule has 0 heterocycles. The van der Waals surface area contributed by atoms with E-state index < -0.39 is 0 Å². The van der Waals surface area contributed by atoms with Gasteiger partial charge in [-0.15, -0.1) is 0 Å². The molecule has 0 saturated heterocycles. The SMILES string of the molecule is C=C(C(/C=C\C=C/C)=C/C)c1cc2c(cc1C)C(C)(C)CCC2(C)C. The molecule has 1 aliphatic rings. The third-order valence-electron chi connectivity index (χ3n) is 5.76. The van der Waals surface area contributed by atoms with E-state index in [4.69, 9.17) is 0 Å². The molecule has 0 spiro atoms. The van der Waals surface area contributed by atoms with Crippen molar-refractivity contribution in [3.8, 4) is 0 Å². The predicted molar refractivity (Wildman–Crippen MR) is 113 cm³/mol. The highest BCUT2D eigenvalue weighted by atomic mass is 14.4. The van der Waals surface area contributed by atoms with E-state index in [1.54, 1.807) is 0 Å². The smallest absolute Gasteiger partial charge is 0.0100 e. The second-order valence-corrected chi connectivity index (χ2v) is 8.59. The molecule has 0 aliphatic heterocycles. The van der Waals surface area contributed by atoms with Crippen LogP contribution < -0.4 is 0 Å². The molecule has 0 heteroatoms. The van der Waals surface area contributed by atoms with Gasteiger partial charge in [-0.2, -0.15) is 0 Å². The molecule has 0 N–H and O–H groups in total. The van der Waals surface area contributed by atoms with Gasteiger partial charge in [0.15, 0.2) is 0 Å². The van der Waals surface area contributed by atoms with E-state index >= 15 is 0 Å². The Morgan fingerprint density at radius 1 is 0.960 bits per heavy atom. The topological polar surface area (TPSA) is 0 Å². The quantitative estimate of drug-likeness (QED) is 0.502. The highest BCUT2D eigenvalue weighted by Crippen LogP contribution is 2.47. The Bertz CT molecular complexity index is 748. The number of allylic oxidation sites excluding steroid dienone is 7. The van der Waals surface area contributed by atoms with Crippen molar-refractivity contribution < 1.29 is 0 Å². The molecule has 0 amide bonds.